The minimum Gasteiger partial charge on any atom is -0.497 e. The number of carbonyl (C=O) groups is 1. The Labute approximate surface area is 140 Å². The van der Waals surface area contributed by atoms with E-state index in [0.717, 1.165) is 11.1 Å². The molecule has 2 aromatic rings. The first-order valence-electron chi connectivity index (χ1n) is 6.92. The van der Waals surface area contributed by atoms with Crippen LogP contribution >= 0.6 is 11.6 Å². The summed E-state index contributed by atoms with van der Waals surface area (Å²) in [5.74, 6) is 1.52. The van der Waals surface area contributed by atoms with Gasteiger partial charge in [0.1, 0.15) is 17.2 Å². The van der Waals surface area contributed by atoms with E-state index in [2.05, 4.69) is 5.32 Å². The molecule has 0 aliphatic rings. The first-order chi connectivity index (χ1) is 10.9. The molecule has 0 saturated heterocycles. The molecule has 2 rings (SSSR count). The van der Waals surface area contributed by atoms with Crippen LogP contribution in [0.1, 0.15) is 11.1 Å². The predicted octanol–water partition coefficient (Wildman–Crippen LogP) is 4.58. The van der Waals surface area contributed by atoms with Gasteiger partial charge in [0.2, 0.25) is 0 Å². The zero-order valence-corrected chi connectivity index (χ0v) is 14.2. The summed E-state index contributed by atoms with van der Waals surface area (Å²) in [4.78, 5) is 12.1. The Bertz CT molecular complexity index is 708. The van der Waals surface area contributed by atoms with E-state index >= 15 is 0 Å². The quantitative estimate of drug-likeness (QED) is 0.888. The maximum absolute atomic E-state index is 12.1. The number of benzene rings is 2. The van der Waals surface area contributed by atoms with Gasteiger partial charge in [-0.2, -0.15) is 0 Å². The summed E-state index contributed by atoms with van der Waals surface area (Å²) in [6.45, 7) is 3.70. The lowest BCUT2D eigenvalue weighted by atomic mass is 10.1. The van der Waals surface area contributed by atoms with Crippen LogP contribution in [0.4, 0.5) is 10.5 Å². The number of carbonyl (C=O) groups excluding carboxylic acids is 1. The monoisotopic (exact) mass is 335 g/mol. The fraction of sp³-hybridized carbons (Fsp3) is 0.235. The van der Waals surface area contributed by atoms with Gasteiger partial charge in [0.05, 0.1) is 19.9 Å². The van der Waals surface area contributed by atoms with Crippen molar-refractivity contribution in [3.8, 4) is 17.2 Å². The van der Waals surface area contributed by atoms with E-state index in [1.54, 1.807) is 37.4 Å². The van der Waals surface area contributed by atoms with Gasteiger partial charge in [-0.05, 0) is 49.2 Å². The Morgan fingerprint density at radius 1 is 1.00 bits per heavy atom. The third-order valence-corrected chi connectivity index (χ3v) is 3.86. The van der Waals surface area contributed by atoms with Crippen molar-refractivity contribution in [1.82, 2.24) is 0 Å². The Hall–Kier alpha value is -2.40. The first kappa shape index (κ1) is 17.0. The van der Waals surface area contributed by atoms with Crippen molar-refractivity contribution in [2.24, 2.45) is 0 Å². The predicted molar refractivity (Wildman–Crippen MR) is 90.1 cm³/mol. The molecule has 0 aromatic heterocycles. The molecule has 0 spiro atoms. The molecule has 0 unspecified atom stereocenters. The van der Waals surface area contributed by atoms with E-state index in [1.165, 1.54) is 7.11 Å². The highest BCUT2D eigenvalue weighted by atomic mass is 35.5. The zero-order valence-electron chi connectivity index (χ0n) is 13.4. The summed E-state index contributed by atoms with van der Waals surface area (Å²) >= 11 is 6.10. The number of nitrogens with one attached hydrogen (secondary N) is 1. The van der Waals surface area contributed by atoms with Crippen molar-refractivity contribution in [1.29, 1.82) is 0 Å². The van der Waals surface area contributed by atoms with Gasteiger partial charge in [-0.3, -0.25) is 5.32 Å². The third kappa shape index (κ3) is 4.07. The SMILES string of the molecule is COc1ccc(OC)c(NC(=O)Oc2cc(C)c(Cl)c(C)c2)c1. The van der Waals surface area contributed by atoms with Crippen LogP contribution in [0.3, 0.4) is 0 Å². The highest BCUT2D eigenvalue weighted by molar-refractivity contribution is 6.32. The molecule has 0 radical (unpaired) electrons. The van der Waals surface area contributed by atoms with Crippen LogP contribution in [0.2, 0.25) is 5.02 Å². The van der Waals surface area contributed by atoms with Crippen molar-refractivity contribution >= 4 is 23.4 Å². The number of ether oxygens (including phenoxy) is 3. The number of amides is 1. The molecule has 23 heavy (non-hydrogen) atoms. The van der Waals surface area contributed by atoms with Gasteiger partial charge in [0.25, 0.3) is 0 Å². The van der Waals surface area contributed by atoms with Crippen LogP contribution in [0.25, 0.3) is 0 Å². The standard InChI is InChI=1S/C17H18ClNO4/c1-10-7-13(8-11(2)16(10)18)23-17(20)19-14-9-12(21-3)5-6-15(14)22-4/h5-9H,1-4H3,(H,19,20). The van der Waals surface area contributed by atoms with E-state index in [9.17, 15) is 4.79 Å². The molecular weight excluding hydrogens is 318 g/mol. The van der Waals surface area contributed by atoms with Crippen LogP contribution in [0.15, 0.2) is 30.3 Å². The van der Waals surface area contributed by atoms with Gasteiger partial charge in [0.15, 0.2) is 0 Å². The van der Waals surface area contributed by atoms with Crippen molar-refractivity contribution in [2.75, 3.05) is 19.5 Å². The third-order valence-electron chi connectivity index (χ3n) is 3.26. The molecule has 0 saturated carbocycles. The van der Waals surface area contributed by atoms with Crippen molar-refractivity contribution in [2.45, 2.75) is 13.8 Å². The molecule has 0 atom stereocenters. The molecule has 0 aliphatic heterocycles. The number of rotatable bonds is 4. The Morgan fingerprint density at radius 2 is 1.65 bits per heavy atom. The second-order valence-corrected chi connectivity index (χ2v) is 5.33. The van der Waals surface area contributed by atoms with Crippen LogP contribution in [-0.2, 0) is 0 Å². The van der Waals surface area contributed by atoms with Gasteiger partial charge in [-0.1, -0.05) is 11.6 Å². The molecule has 0 fully saturated rings. The summed E-state index contributed by atoms with van der Waals surface area (Å²) in [7, 11) is 3.06. The maximum Gasteiger partial charge on any atom is 0.417 e. The van der Waals surface area contributed by atoms with Gasteiger partial charge in [0, 0.05) is 11.1 Å². The molecule has 1 N–H and O–H groups in total. The Balaban J connectivity index is 2.16. The average Bonchev–Trinajstić information content (AvgIpc) is 2.52. The van der Waals surface area contributed by atoms with Crippen molar-refractivity contribution < 1.29 is 19.0 Å². The average molecular weight is 336 g/mol. The largest absolute Gasteiger partial charge is 0.497 e. The molecule has 0 bridgehead atoms. The zero-order chi connectivity index (χ0) is 17.0. The highest BCUT2D eigenvalue weighted by Crippen LogP contribution is 2.30. The van der Waals surface area contributed by atoms with E-state index in [-0.39, 0.29) is 0 Å². The lowest BCUT2D eigenvalue weighted by Crippen LogP contribution is -2.17. The van der Waals surface area contributed by atoms with E-state index < -0.39 is 6.09 Å². The Morgan fingerprint density at radius 3 is 2.22 bits per heavy atom. The number of methoxy groups -OCH3 is 2. The molecule has 122 valence electrons. The number of anilines is 1. The second kappa shape index (κ2) is 7.24. The number of hydrogen-bond donors (Lipinski definition) is 1. The lowest BCUT2D eigenvalue weighted by Gasteiger charge is -2.12. The fourth-order valence-electron chi connectivity index (χ4n) is 2.12. The number of aryl methyl sites for hydroxylation is 2. The minimum atomic E-state index is -0.627. The van der Waals surface area contributed by atoms with Gasteiger partial charge in [-0.15, -0.1) is 0 Å². The summed E-state index contributed by atoms with van der Waals surface area (Å²) < 4.78 is 15.6. The van der Waals surface area contributed by atoms with E-state index in [0.29, 0.717) is 28.0 Å². The maximum atomic E-state index is 12.1. The van der Waals surface area contributed by atoms with Crippen molar-refractivity contribution in [3.63, 3.8) is 0 Å². The topological polar surface area (TPSA) is 56.8 Å². The normalized spacial score (nSPS) is 10.1. The van der Waals surface area contributed by atoms with Crippen LogP contribution < -0.4 is 19.5 Å². The lowest BCUT2D eigenvalue weighted by molar-refractivity contribution is 0.215. The minimum absolute atomic E-state index is 0.420. The number of hydrogen-bond acceptors (Lipinski definition) is 4. The van der Waals surface area contributed by atoms with Gasteiger partial charge >= 0.3 is 6.09 Å². The van der Waals surface area contributed by atoms with Crippen molar-refractivity contribution in [3.05, 3.63) is 46.5 Å². The summed E-state index contributed by atoms with van der Waals surface area (Å²) in [5, 5.41) is 3.30. The fourth-order valence-corrected chi connectivity index (χ4v) is 2.23. The molecule has 0 aliphatic carbocycles. The molecule has 0 heterocycles. The molecule has 1 amide bonds. The van der Waals surface area contributed by atoms with Gasteiger partial charge < -0.3 is 14.2 Å². The second-order valence-electron chi connectivity index (χ2n) is 4.95. The Kier molecular flexibility index (Phi) is 5.34. The summed E-state index contributed by atoms with van der Waals surface area (Å²) in [6, 6.07) is 8.50. The summed E-state index contributed by atoms with van der Waals surface area (Å²) in [5.41, 5.74) is 2.14. The summed E-state index contributed by atoms with van der Waals surface area (Å²) in [6.07, 6.45) is -0.627. The highest BCUT2D eigenvalue weighted by Gasteiger charge is 2.12. The van der Waals surface area contributed by atoms with Crippen LogP contribution in [0.5, 0.6) is 17.2 Å². The van der Waals surface area contributed by atoms with Crippen LogP contribution in [0, 0.1) is 13.8 Å². The molecule has 2 aromatic carbocycles. The molecule has 6 heteroatoms. The number of halogens is 1. The molecular formula is C17H18ClNO4. The first-order valence-corrected chi connectivity index (χ1v) is 7.30. The van der Waals surface area contributed by atoms with Gasteiger partial charge in [-0.25, -0.2) is 4.79 Å². The van der Waals surface area contributed by atoms with Crippen LogP contribution in [-0.4, -0.2) is 20.3 Å². The smallest absolute Gasteiger partial charge is 0.417 e. The van der Waals surface area contributed by atoms with E-state index in [1.807, 2.05) is 13.8 Å². The molecule has 5 nitrogen and oxygen atoms in total. The van der Waals surface area contributed by atoms with E-state index in [4.69, 9.17) is 25.8 Å².